The number of carbonyl (C=O) groups is 1. The van der Waals surface area contributed by atoms with E-state index < -0.39 is 10.0 Å². The van der Waals surface area contributed by atoms with Gasteiger partial charge in [-0.25, -0.2) is 8.42 Å². The smallest absolute Gasteiger partial charge is 0.237 e. The first kappa shape index (κ1) is 15.4. The molecule has 0 saturated carbocycles. The van der Waals surface area contributed by atoms with E-state index >= 15 is 0 Å². The molecule has 0 aromatic heterocycles. The summed E-state index contributed by atoms with van der Waals surface area (Å²) < 4.78 is 24.1. The molecule has 6 heteroatoms. The normalized spacial score (nSPS) is 11.8. The van der Waals surface area contributed by atoms with Gasteiger partial charge in [0, 0.05) is 19.6 Å². The zero-order valence-electron chi connectivity index (χ0n) is 10.6. The summed E-state index contributed by atoms with van der Waals surface area (Å²) in [7, 11) is -3.29. The molecule has 0 aromatic carbocycles. The van der Waals surface area contributed by atoms with Gasteiger partial charge in [-0.1, -0.05) is 6.92 Å². The molecule has 1 amide bonds. The molecule has 0 aromatic rings. The molecule has 0 fully saturated rings. The molecule has 0 rings (SSSR count). The summed E-state index contributed by atoms with van der Waals surface area (Å²) in [5.74, 6) is -0.135. The van der Waals surface area contributed by atoms with E-state index in [1.165, 1.54) is 4.31 Å². The minimum Gasteiger partial charge on any atom is -0.342 e. The van der Waals surface area contributed by atoms with Crippen LogP contribution in [-0.2, 0) is 14.8 Å². The Morgan fingerprint density at radius 2 is 1.62 bits per heavy atom. The van der Waals surface area contributed by atoms with Crippen LogP contribution >= 0.6 is 0 Å². The zero-order chi connectivity index (χ0) is 12.8. The maximum atomic E-state index is 11.8. The summed E-state index contributed by atoms with van der Waals surface area (Å²) in [6, 6.07) is 0. The van der Waals surface area contributed by atoms with E-state index in [-0.39, 0.29) is 12.5 Å². The number of sulfonamides is 1. The predicted octanol–water partition coefficient (Wildman–Crippen LogP) is 0.526. The van der Waals surface area contributed by atoms with Gasteiger partial charge in [0.1, 0.15) is 0 Å². The molecule has 0 radical (unpaired) electrons. The summed E-state index contributed by atoms with van der Waals surface area (Å²) in [6.45, 7) is 7.22. The highest BCUT2D eigenvalue weighted by atomic mass is 32.2. The van der Waals surface area contributed by atoms with Crippen molar-refractivity contribution >= 4 is 15.9 Å². The standard InChI is InChI=1S/C10H22N2O3S/c1-5-8-12(16(4,14)15)9-10(13)11(6-2)7-3/h5-9H2,1-4H3. The Morgan fingerprint density at radius 3 is 1.94 bits per heavy atom. The molecule has 0 spiro atoms. The van der Waals surface area contributed by atoms with Crippen LogP contribution in [0.15, 0.2) is 0 Å². The van der Waals surface area contributed by atoms with Crippen molar-refractivity contribution in [2.24, 2.45) is 0 Å². The number of rotatable bonds is 7. The van der Waals surface area contributed by atoms with Gasteiger partial charge in [0.25, 0.3) is 0 Å². The minimum absolute atomic E-state index is 0.0473. The monoisotopic (exact) mass is 250 g/mol. The van der Waals surface area contributed by atoms with Crippen molar-refractivity contribution in [1.82, 2.24) is 9.21 Å². The Labute approximate surface area is 98.5 Å². The van der Waals surface area contributed by atoms with Crippen molar-refractivity contribution in [3.63, 3.8) is 0 Å². The van der Waals surface area contributed by atoms with Gasteiger partial charge in [0.15, 0.2) is 0 Å². The molecule has 0 unspecified atom stereocenters. The Kier molecular flexibility index (Phi) is 6.59. The van der Waals surface area contributed by atoms with Crippen LogP contribution in [0.3, 0.4) is 0 Å². The van der Waals surface area contributed by atoms with E-state index in [4.69, 9.17) is 0 Å². The van der Waals surface area contributed by atoms with E-state index in [9.17, 15) is 13.2 Å². The lowest BCUT2D eigenvalue weighted by Gasteiger charge is -2.24. The fourth-order valence-electron chi connectivity index (χ4n) is 1.44. The summed E-state index contributed by atoms with van der Waals surface area (Å²) in [4.78, 5) is 13.4. The number of amides is 1. The van der Waals surface area contributed by atoms with Gasteiger partial charge < -0.3 is 4.90 Å². The summed E-state index contributed by atoms with van der Waals surface area (Å²) in [6.07, 6.45) is 1.84. The molecule has 0 aliphatic carbocycles. The lowest BCUT2D eigenvalue weighted by atomic mass is 10.4. The Morgan fingerprint density at radius 1 is 1.12 bits per heavy atom. The number of nitrogens with zero attached hydrogens (tertiary/aromatic N) is 2. The first-order valence-corrected chi connectivity index (χ1v) is 7.44. The average molecular weight is 250 g/mol. The molecule has 0 aliphatic rings. The number of likely N-dealkylation sites (N-methyl/N-ethyl adjacent to an activating group) is 1. The molecule has 0 aliphatic heterocycles. The molecule has 0 heterocycles. The van der Waals surface area contributed by atoms with Gasteiger partial charge in [-0.05, 0) is 20.3 Å². The number of carbonyl (C=O) groups excluding carboxylic acids is 1. The van der Waals surface area contributed by atoms with Crippen LogP contribution in [0.1, 0.15) is 27.2 Å². The third-order valence-corrected chi connectivity index (χ3v) is 3.62. The summed E-state index contributed by atoms with van der Waals surface area (Å²) in [5, 5.41) is 0. The molecule has 0 saturated heterocycles. The Bertz CT molecular complexity index is 310. The number of hydrogen-bond acceptors (Lipinski definition) is 3. The van der Waals surface area contributed by atoms with Crippen molar-refractivity contribution in [1.29, 1.82) is 0 Å². The maximum absolute atomic E-state index is 11.8. The largest absolute Gasteiger partial charge is 0.342 e. The van der Waals surface area contributed by atoms with E-state index in [1.807, 2.05) is 20.8 Å². The van der Waals surface area contributed by atoms with Crippen LogP contribution in [0, 0.1) is 0 Å². The highest BCUT2D eigenvalue weighted by molar-refractivity contribution is 7.88. The van der Waals surface area contributed by atoms with Gasteiger partial charge in [0.2, 0.25) is 15.9 Å². The number of hydrogen-bond donors (Lipinski definition) is 0. The van der Waals surface area contributed by atoms with Gasteiger partial charge >= 0.3 is 0 Å². The quantitative estimate of drug-likeness (QED) is 0.662. The third kappa shape index (κ3) is 4.94. The van der Waals surface area contributed by atoms with Crippen LogP contribution in [-0.4, -0.2) is 56.0 Å². The van der Waals surface area contributed by atoms with E-state index in [0.29, 0.717) is 26.1 Å². The zero-order valence-corrected chi connectivity index (χ0v) is 11.4. The van der Waals surface area contributed by atoms with E-state index in [1.54, 1.807) is 4.90 Å². The van der Waals surface area contributed by atoms with Crippen LogP contribution in [0.4, 0.5) is 0 Å². The molecule has 0 N–H and O–H groups in total. The highest BCUT2D eigenvalue weighted by Crippen LogP contribution is 2.01. The van der Waals surface area contributed by atoms with Crippen molar-refractivity contribution < 1.29 is 13.2 Å². The van der Waals surface area contributed by atoms with Crippen molar-refractivity contribution in [2.75, 3.05) is 32.4 Å². The van der Waals surface area contributed by atoms with E-state index in [0.717, 1.165) is 6.26 Å². The fourth-order valence-corrected chi connectivity index (χ4v) is 2.30. The molecule has 5 nitrogen and oxygen atoms in total. The molecule has 96 valence electrons. The molecule has 16 heavy (non-hydrogen) atoms. The molecule has 0 bridgehead atoms. The SMILES string of the molecule is CCCN(CC(=O)N(CC)CC)S(C)(=O)=O. The second-order valence-corrected chi connectivity index (χ2v) is 5.65. The first-order chi connectivity index (χ1) is 7.36. The van der Waals surface area contributed by atoms with Crippen molar-refractivity contribution in [3.05, 3.63) is 0 Å². The van der Waals surface area contributed by atoms with Crippen molar-refractivity contribution in [2.45, 2.75) is 27.2 Å². The maximum Gasteiger partial charge on any atom is 0.237 e. The first-order valence-electron chi connectivity index (χ1n) is 5.59. The Hall–Kier alpha value is -0.620. The van der Waals surface area contributed by atoms with Crippen molar-refractivity contribution in [3.8, 4) is 0 Å². The van der Waals surface area contributed by atoms with Crippen LogP contribution < -0.4 is 0 Å². The second kappa shape index (κ2) is 6.85. The van der Waals surface area contributed by atoms with Crippen LogP contribution in [0.5, 0.6) is 0 Å². The predicted molar refractivity (Wildman–Crippen MR) is 64.6 cm³/mol. The topological polar surface area (TPSA) is 57.7 Å². The average Bonchev–Trinajstić information content (AvgIpc) is 2.17. The van der Waals surface area contributed by atoms with Gasteiger partial charge in [-0.2, -0.15) is 4.31 Å². The summed E-state index contributed by atoms with van der Waals surface area (Å²) >= 11 is 0. The molecular formula is C10H22N2O3S. The van der Waals surface area contributed by atoms with E-state index in [2.05, 4.69) is 0 Å². The molecule has 0 atom stereocenters. The fraction of sp³-hybridized carbons (Fsp3) is 0.900. The minimum atomic E-state index is -3.29. The Balaban J connectivity index is 4.58. The summed E-state index contributed by atoms with van der Waals surface area (Å²) in [5.41, 5.74) is 0. The lowest BCUT2D eigenvalue weighted by molar-refractivity contribution is -0.131. The van der Waals surface area contributed by atoms with Crippen LogP contribution in [0.25, 0.3) is 0 Å². The molecular weight excluding hydrogens is 228 g/mol. The van der Waals surface area contributed by atoms with Gasteiger partial charge in [-0.3, -0.25) is 4.79 Å². The van der Waals surface area contributed by atoms with Crippen LogP contribution in [0.2, 0.25) is 0 Å². The van der Waals surface area contributed by atoms with Gasteiger partial charge in [-0.15, -0.1) is 0 Å². The van der Waals surface area contributed by atoms with Gasteiger partial charge in [0.05, 0.1) is 12.8 Å². The highest BCUT2D eigenvalue weighted by Gasteiger charge is 2.21. The lowest BCUT2D eigenvalue weighted by Crippen LogP contribution is -2.42. The third-order valence-electron chi connectivity index (χ3n) is 2.37. The second-order valence-electron chi connectivity index (χ2n) is 3.66.